The van der Waals surface area contributed by atoms with E-state index >= 15 is 0 Å². The van der Waals surface area contributed by atoms with Crippen molar-refractivity contribution < 1.29 is 5.11 Å². The SMILES string of the molecule is O[C@H](CBr)c1ccc2c(c1)CCC2. The van der Waals surface area contributed by atoms with E-state index in [1.54, 1.807) is 0 Å². The second-order valence-corrected chi connectivity index (χ2v) is 4.20. The van der Waals surface area contributed by atoms with Crippen LogP contribution >= 0.6 is 15.9 Å². The van der Waals surface area contributed by atoms with Crippen LogP contribution in [0.1, 0.15) is 29.2 Å². The molecule has 0 saturated heterocycles. The molecule has 1 aromatic rings. The first kappa shape index (κ1) is 9.22. The Labute approximate surface area is 86.9 Å². The highest BCUT2D eigenvalue weighted by molar-refractivity contribution is 9.09. The second-order valence-electron chi connectivity index (χ2n) is 3.55. The summed E-state index contributed by atoms with van der Waals surface area (Å²) >= 11 is 3.28. The Morgan fingerprint density at radius 1 is 1.31 bits per heavy atom. The van der Waals surface area contributed by atoms with Crippen LogP contribution in [0.5, 0.6) is 0 Å². The molecule has 2 rings (SSSR count). The summed E-state index contributed by atoms with van der Waals surface area (Å²) < 4.78 is 0. The number of halogens is 1. The first-order valence-electron chi connectivity index (χ1n) is 4.67. The van der Waals surface area contributed by atoms with Gasteiger partial charge < -0.3 is 5.11 Å². The van der Waals surface area contributed by atoms with Crippen molar-refractivity contribution in [2.24, 2.45) is 0 Å². The Balaban J connectivity index is 2.30. The summed E-state index contributed by atoms with van der Waals surface area (Å²) in [4.78, 5) is 0. The molecule has 0 amide bonds. The van der Waals surface area contributed by atoms with E-state index in [1.807, 2.05) is 6.07 Å². The van der Waals surface area contributed by atoms with Crippen LogP contribution in [0.2, 0.25) is 0 Å². The lowest BCUT2D eigenvalue weighted by Gasteiger charge is -2.09. The highest BCUT2D eigenvalue weighted by Gasteiger charge is 2.13. The summed E-state index contributed by atoms with van der Waals surface area (Å²) in [5, 5.41) is 10.2. The first-order chi connectivity index (χ1) is 6.31. The van der Waals surface area contributed by atoms with E-state index in [0.29, 0.717) is 5.33 Å². The van der Waals surface area contributed by atoms with Crippen LogP contribution in [0.25, 0.3) is 0 Å². The normalized spacial score (nSPS) is 17.1. The van der Waals surface area contributed by atoms with E-state index in [9.17, 15) is 5.11 Å². The lowest BCUT2D eigenvalue weighted by atomic mass is 10.0. The molecular formula is C11H13BrO. The highest BCUT2D eigenvalue weighted by atomic mass is 79.9. The molecule has 0 saturated carbocycles. The van der Waals surface area contributed by atoms with Crippen molar-refractivity contribution in [2.45, 2.75) is 25.4 Å². The van der Waals surface area contributed by atoms with Crippen LogP contribution in [0.15, 0.2) is 18.2 Å². The van der Waals surface area contributed by atoms with Gasteiger partial charge in [0.25, 0.3) is 0 Å². The number of benzene rings is 1. The number of aryl methyl sites for hydroxylation is 2. The van der Waals surface area contributed by atoms with Crippen LogP contribution in [0, 0.1) is 0 Å². The molecule has 0 fully saturated rings. The second kappa shape index (κ2) is 3.81. The molecule has 0 bridgehead atoms. The third kappa shape index (κ3) is 1.79. The number of aliphatic hydroxyl groups excluding tert-OH is 1. The summed E-state index contributed by atoms with van der Waals surface area (Å²) in [5.74, 6) is 0. The number of fused-ring (bicyclic) bond motifs is 1. The maximum absolute atomic E-state index is 9.61. The summed E-state index contributed by atoms with van der Waals surface area (Å²) in [6.07, 6.45) is 3.30. The van der Waals surface area contributed by atoms with Gasteiger partial charge in [-0.15, -0.1) is 0 Å². The zero-order valence-corrected chi connectivity index (χ0v) is 9.05. The summed E-state index contributed by atoms with van der Waals surface area (Å²) in [6.45, 7) is 0. The van der Waals surface area contributed by atoms with Gasteiger partial charge in [0.15, 0.2) is 0 Å². The molecule has 1 atom stereocenters. The number of rotatable bonds is 2. The van der Waals surface area contributed by atoms with Crippen molar-refractivity contribution in [3.63, 3.8) is 0 Å². The van der Waals surface area contributed by atoms with Gasteiger partial charge in [0.1, 0.15) is 0 Å². The minimum absolute atomic E-state index is 0.356. The van der Waals surface area contributed by atoms with E-state index < -0.39 is 0 Å². The summed E-state index contributed by atoms with van der Waals surface area (Å²) in [5.41, 5.74) is 3.93. The lowest BCUT2D eigenvalue weighted by Crippen LogP contribution is -1.99. The summed E-state index contributed by atoms with van der Waals surface area (Å²) in [6, 6.07) is 6.34. The van der Waals surface area contributed by atoms with Gasteiger partial charge in [-0.3, -0.25) is 0 Å². The lowest BCUT2D eigenvalue weighted by molar-refractivity contribution is 0.205. The van der Waals surface area contributed by atoms with Crippen LogP contribution in [-0.4, -0.2) is 10.4 Å². The molecule has 0 aromatic heterocycles. The van der Waals surface area contributed by atoms with Crippen LogP contribution in [0.3, 0.4) is 0 Å². The predicted octanol–water partition coefficient (Wildman–Crippen LogP) is 2.60. The monoisotopic (exact) mass is 240 g/mol. The molecule has 13 heavy (non-hydrogen) atoms. The predicted molar refractivity (Wildman–Crippen MR) is 57.2 cm³/mol. The Hall–Kier alpha value is -0.340. The van der Waals surface area contributed by atoms with Gasteiger partial charge in [-0.2, -0.15) is 0 Å². The van der Waals surface area contributed by atoms with Crippen molar-refractivity contribution in [3.8, 4) is 0 Å². The average Bonchev–Trinajstić information content (AvgIpc) is 2.63. The quantitative estimate of drug-likeness (QED) is 0.789. The van der Waals surface area contributed by atoms with Crippen LogP contribution in [0.4, 0.5) is 0 Å². The molecule has 0 spiro atoms. The van der Waals surface area contributed by atoms with Gasteiger partial charge in [-0.1, -0.05) is 34.1 Å². The minimum Gasteiger partial charge on any atom is -0.388 e. The number of hydrogen-bond donors (Lipinski definition) is 1. The van der Waals surface area contributed by atoms with E-state index in [2.05, 4.69) is 28.1 Å². The number of aliphatic hydroxyl groups is 1. The van der Waals surface area contributed by atoms with Gasteiger partial charge in [0.05, 0.1) is 6.10 Å². The van der Waals surface area contributed by atoms with Gasteiger partial charge in [-0.25, -0.2) is 0 Å². The molecule has 0 aliphatic heterocycles. The third-order valence-corrected chi connectivity index (χ3v) is 3.27. The molecule has 1 N–H and O–H groups in total. The largest absolute Gasteiger partial charge is 0.388 e. The van der Waals surface area contributed by atoms with Crippen molar-refractivity contribution in [3.05, 3.63) is 34.9 Å². The molecule has 1 nitrogen and oxygen atoms in total. The van der Waals surface area contributed by atoms with E-state index in [-0.39, 0.29) is 6.10 Å². The maximum atomic E-state index is 9.61. The Morgan fingerprint density at radius 3 is 2.85 bits per heavy atom. The molecule has 1 aromatic carbocycles. The number of hydrogen-bond acceptors (Lipinski definition) is 1. The molecule has 0 unspecified atom stereocenters. The van der Waals surface area contributed by atoms with Crippen molar-refractivity contribution in [1.82, 2.24) is 0 Å². The smallest absolute Gasteiger partial charge is 0.0886 e. The van der Waals surface area contributed by atoms with Crippen molar-refractivity contribution in [1.29, 1.82) is 0 Å². The minimum atomic E-state index is -0.356. The standard InChI is InChI=1S/C11H13BrO/c12-7-11(13)10-5-4-8-2-1-3-9(8)6-10/h4-6,11,13H,1-3,7H2/t11-/m1/s1. The van der Waals surface area contributed by atoms with Gasteiger partial charge in [0.2, 0.25) is 0 Å². The maximum Gasteiger partial charge on any atom is 0.0886 e. The highest BCUT2D eigenvalue weighted by Crippen LogP contribution is 2.25. The molecule has 70 valence electrons. The van der Waals surface area contributed by atoms with Gasteiger partial charge in [0, 0.05) is 5.33 Å². The molecule has 0 heterocycles. The Morgan fingerprint density at radius 2 is 2.08 bits per heavy atom. The Kier molecular flexibility index (Phi) is 2.70. The van der Waals surface area contributed by atoms with E-state index in [0.717, 1.165) is 5.56 Å². The topological polar surface area (TPSA) is 20.2 Å². The fraction of sp³-hybridized carbons (Fsp3) is 0.455. The summed E-state index contributed by atoms with van der Waals surface area (Å²) in [7, 11) is 0. The molecular weight excluding hydrogens is 228 g/mol. The van der Waals surface area contributed by atoms with E-state index in [1.165, 1.54) is 30.4 Å². The van der Waals surface area contributed by atoms with Gasteiger partial charge in [-0.05, 0) is 36.0 Å². The zero-order valence-electron chi connectivity index (χ0n) is 7.46. The van der Waals surface area contributed by atoms with E-state index in [4.69, 9.17) is 0 Å². The van der Waals surface area contributed by atoms with Crippen LogP contribution < -0.4 is 0 Å². The van der Waals surface area contributed by atoms with Crippen molar-refractivity contribution >= 4 is 15.9 Å². The molecule has 1 aliphatic rings. The zero-order chi connectivity index (χ0) is 9.26. The van der Waals surface area contributed by atoms with Gasteiger partial charge >= 0.3 is 0 Å². The molecule has 1 aliphatic carbocycles. The Bertz CT molecular complexity index is 309. The fourth-order valence-electron chi connectivity index (χ4n) is 1.89. The first-order valence-corrected chi connectivity index (χ1v) is 5.79. The average molecular weight is 241 g/mol. The molecule has 0 radical (unpaired) electrons. The molecule has 2 heteroatoms. The van der Waals surface area contributed by atoms with Crippen molar-refractivity contribution in [2.75, 3.05) is 5.33 Å². The third-order valence-electron chi connectivity index (χ3n) is 2.65. The number of alkyl halides is 1. The van der Waals surface area contributed by atoms with Crippen LogP contribution in [-0.2, 0) is 12.8 Å². The fourth-order valence-corrected chi connectivity index (χ4v) is 2.26.